The first kappa shape index (κ1) is 15.3. The van der Waals surface area contributed by atoms with Crippen molar-refractivity contribution in [1.29, 1.82) is 0 Å². The van der Waals surface area contributed by atoms with E-state index in [-0.39, 0.29) is 17.8 Å². The lowest BCUT2D eigenvalue weighted by molar-refractivity contribution is -0.159. The molecule has 1 saturated heterocycles. The minimum atomic E-state index is -0.455. The molecule has 0 amide bonds. The SMILES string of the molecule is CC(C)(C)OC(=O)C1CNCC1c1ccc(Br)c(N)c1. The van der Waals surface area contributed by atoms with E-state index < -0.39 is 5.60 Å². The molecule has 0 bridgehead atoms. The lowest BCUT2D eigenvalue weighted by atomic mass is 9.88. The summed E-state index contributed by atoms with van der Waals surface area (Å²) < 4.78 is 6.38. The molecule has 110 valence electrons. The van der Waals surface area contributed by atoms with E-state index in [0.29, 0.717) is 12.2 Å². The maximum Gasteiger partial charge on any atom is 0.311 e. The number of hydrogen-bond acceptors (Lipinski definition) is 4. The number of nitrogens with two attached hydrogens (primary N) is 1. The summed E-state index contributed by atoms with van der Waals surface area (Å²) in [5, 5.41) is 3.27. The van der Waals surface area contributed by atoms with Gasteiger partial charge in [0.2, 0.25) is 0 Å². The summed E-state index contributed by atoms with van der Waals surface area (Å²) in [5.74, 6) is -0.191. The van der Waals surface area contributed by atoms with Crippen LogP contribution in [0, 0.1) is 5.92 Å². The van der Waals surface area contributed by atoms with Gasteiger partial charge in [0.05, 0.1) is 5.92 Å². The molecule has 1 aliphatic heterocycles. The summed E-state index contributed by atoms with van der Waals surface area (Å²) in [6.07, 6.45) is 0. The second kappa shape index (κ2) is 5.74. The van der Waals surface area contributed by atoms with Gasteiger partial charge in [0.15, 0.2) is 0 Å². The van der Waals surface area contributed by atoms with E-state index in [1.54, 1.807) is 0 Å². The highest BCUT2D eigenvalue weighted by Gasteiger charge is 2.36. The summed E-state index contributed by atoms with van der Waals surface area (Å²) in [6.45, 7) is 7.08. The normalized spacial score (nSPS) is 22.8. The summed E-state index contributed by atoms with van der Waals surface area (Å²) in [6, 6.07) is 5.86. The number of nitrogens with one attached hydrogen (secondary N) is 1. The van der Waals surface area contributed by atoms with Gasteiger partial charge in [0, 0.05) is 29.2 Å². The number of benzene rings is 1. The number of hydrogen-bond donors (Lipinski definition) is 2. The zero-order valence-corrected chi connectivity index (χ0v) is 13.7. The Morgan fingerprint density at radius 2 is 2.10 bits per heavy atom. The Balaban J connectivity index is 2.18. The van der Waals surface area contributed by atoms with Crippen LogP contribution in [0.5, 0.6) is 0 Å². The van der Waals surface area contributed by atoms with Crippen molar-refractivity contribution >= 4 is 27.6 Å². The van der Waals surface area contributed by atoms with Gasteiger partial charge >= 0.3 is 5.97 Å². The highest BCUT2D eigenvalue weighted by Crippen LogP contribution is 2.33. The molecule has 2 rings (SSSR count). The van der Waals surface area contributed by atoms with Crippen molar-refractivity contribution in [3.05, 3.63) is 28.2 Å². The van der Waals surface area contributed by atoms with Crippen LogP contribution in [0.15, 0.2) is 22.7 Å². The fraction of sp³-hybridized carbons (Fsp3) is 0.533. The van der Waals surface area contributed by atoms with Crippen molar-refractivity contribution < 1.29 is 9.53 Å². The van der Waals surface area contributed by atoms with E-state index in [1.807, 2.05) is 39.0 Å². The van der Waals surface area contributed by atoms with E-state index in [2.05, 4.69) is 21.2 Å². The number of carbonyl (C=O) groups is 1. The van der Waals surface area contributed by atoms with Crippen molar-refractivity contribution in [2.45, 2.75) is 32.3 Å². The van der Waals surface area contributed by atoms with E-state index in [9.17, 15) is 4.79 Å². The Bertz CT molecular complexity index is 511. The molecular weight excluding hydrogens is 320 g/mol. The first-order valence-electron chi connectivity index (χ1n) is 6.76. The zero-order chi connectivity index (χ0) is 14.9. The van der Waals surface area contributed by atoms with Crippen LogP contribution in [0.1, 0.15) is 32.3 Å². The second-order valence-electron chi connectivity index (χ2n) is 6.19. The highest BCUT2D eigenvalue weighted by atomic mass is 79.9. The molecule has 0 aliphatic carbocycles. The molecule has 1 aliphatic rings. The first-order chi connectivity index (χ1) is 9.28. The Labute approximate surface area is 128 Å². The number of rotatable bonds is 2. The largest absolute Gasteiger partial charge is 0.460 e. The minimum Gasteiger partial charge on any atom is -0.460 e. The van der Waals surface area contributed by atoms with Crippen molar-refractivity contribution in [2.75, 3.05) is 18.8 Å². The highest BCUT2D eigenvalue weighted by molar-refractivity contribution is 9.10. The predicted octanol–water partition coefficient (Wildman–Crippen LogP) is 2.68. The van der Waals surface area contributed by atoms with Crippen LogP contribution in [-0.2, 0) is 9.53 Å². The van der Waals surface area contributed by atoms with Gasteiger partial charge in [-0.3, -0.25) is 4.79 Å². The van der Waals surface area contributed by atoms with Gasteiger partial charge in [-0.05, 0) is 54.4 Å². The van der Waals surface area contributed by atoms with Gasteiger partial charge in [0.1, 0.15) is 5.60 Å². The molecule has 1 aromatic rings. The fourth-order valence-corrected chi connectivity index (χ4v) is 2.69. The van der Waals surface area contributed by atoms with Crippen LogP contribution in [0.3, 0.4) is 0 Å². The Kier molecular flexibility index (Phi) is 4.39. The Hall–Kier alpha value is -1.07. The summed E-state index contributed by atoms with van der Waals surface area (Å²) in [7, 11) is 0. The average molecular weight is 341 g/mol. The molecule has 0 saturated carbocycles. The number of carbonyl (C=O) groups excluding carboxylic acids is 1. The van der Waals surface area contributed by atoms with E-state index in [4.69, 9.17) is 10.5 Å². The van der Waals surface area contributed by atoms with Gasteiger partial charge in [-0.2, -0.15) is 0 Å². The third-order valence-corrected chi connectivity index (χ3v) is 4.09. The standard InChI is InChI=1S/C15H21BrN2O2/c1-15(2,3)20-14(19)11-8-18-7-10(11)9-4-5-12(16)13(17)6-9/h4-6,10-11,18H,7-8,17H2,1-3H3. The van der Waals surface area contributed by atoms with Crippen molar-refractivity contribution in [1.82, 2.24) is 5.32 Å². The molecule has 5 heteroatoms. The molecule has 0 radical (unpaired) electrons. The Morgan fingerprint density at radius 1 is 1.40 bits per heavy atom. The predicted molar refractivity (Wildman–Crippen MR) is 83.5 cm³/mol. The molecular formula is C15H21BrN2O2. The van der Waals surface area contributed by atoms with E-state index >= 15 is 0 Å². The van der Waals surface area contributed by atoms with Crippen molar-refractivity contribution in [2.24, 2.45) is 5.92 Å². The molecule has 2 unspecified atom stereocenters. The topological polar surface area (TPSA) is 64.3 Å². The zero-order valence-electron chi connectivity index (χ0n) is 12.1. The quantitative estimate of drug-likeness (QED) is 0.641. The van der Waals surface area contributed by atoms with Crippen LogP contribution in [0.2, 0.25) is 0 Å². The summed E-state index contributed by atoms with van der Waals surface area (Å²) in [4.78, 5) is 12.3. The van der Waals surface area contributed by atoms with Gasteiger partial charge < -0.3 is 15.8 Å². The van der Waals surface area contributed by atoms with Gasteiger partial charge in [-0.25, -0.2) is 0 Å². The third-order valence-electron chi connectivity index (χ3n) is 3.37. The minimum absolute atomic E-state index is 0.111. The maximum absolute atomic E-state index is 12.3. The molecule has 20 heavy (non-hydrogen) atoms. The third kappa shape index (κ3) is 3.52. The van der Waals surface area contributed by atoms with E-state index in [0.717, 1.165) is 16.6 Å². The van der Waals surface area contributed by atoms with Gasteiger partial charge in [0.25, 0.3) is 0 Å². The maximum atomic E-state index is 12.3. The molecule has 1 heterocycles. The number of halogens is 1. The monoisotopic (exact) mass is 340 g/mol. The molecule has 1 aromatic carbocycles. The molecule has 1 fully saturated rings. The number of anilines is 1. The first-order valence-corrected chi connectivity index (χ1v) is 7.56. The van der Waals surface area contributed by atoms with Crippen LogP contribution in [-0.4, -0.2) is 24.7 Å². The number of nitrogen functional groups attached to an aromatic ring is 1. The number of esters is 1. The van der Waals surface area contributed by atoms with Crippen molar-refractivity contribution in [3.63, 3.8) is 0 Å². The van der Waals surface area contributed by atoms with Gasteiger partial charge in [-0.15, -0.1) is 0 Å². The second-order valence-corrected chi connectivity index (χ2v) is 7.04. The Morgan fingerprint density at radius 3 is 2.70 bits per heavy atom. The molecule has 0 aromatic heterocycles. The van der Waals surface area contributed by atoms with Crippen LogP contribution in [0.25, 0.3) is 0 Å². The smallest absolute Gasteiger partial charge is 0.311 e. The fourth-order valence-electron chi connectivity index (χ4n) is 2.45. The van der Waals surface area contributed by atoms with Crippen molar-refractivity contribution in [3.8, 4) is 0 Å². The average Bonchev–Trinajstić information content (AvgIpc) is 2.79. The summed E-state index contributed by atoms with van der Waals surface area (Å²) >= 11 is 3.39. The van der Waals surface area contributed by atoms with Gasteiger partial charge in [-0.1, -0.05) is 6.07 Å². The molecule has 2 atom stereocenters. The van der Waals surface area contributed by atoms with Crippen LogP contribution < -0.4 is 11.1 Å². The van der Waals surface area contributed by atoms with Crippen LogP contribution in [0.4, 0.5) is 5.69 Å². The molecule has 0 spiro atoms. The lowest BCUT2D eigenvalue weighted by Crippen LogP contribution is -2.31. The van der Waals surface area contributed by atoms with E-state index in [1.165, 1.54) is 0 Å². The summed E-state index contributed by atoms with van der Waals surface area (Å²) in [5.41, 5.74) is 7.24. The molecule has 4 nitrogen and oxygen atoms in total. The number of ether oxygens (including phenoxy) is 1. The molecule has 3 N–H and O–H groups in total. The van der Waals surface area contributed by atoms with Crippen LogP contribution >= 0.6 is 15.9 Å². The lowest BCUT2D eigenvalue weighted by Gasteiger charge is -2.24.